The summed E-state index contributed by atoms with van der Waals surface area (Å²) in [6.45, 7) is 0. The summed E-state index contributed by atoms with van der Waals surface area (Å²) < 4.78 is 0. The third kappa shape index (κ3) is 2.07. The van der Waals surface area contributed by atoms with Crippen LogP contribution in [0, 0.1) is 0 Å². The highest BCUT2D eigenvalue weighted by molar-refractivity contribution is 7.13. The van der Waals surface area contributed by atoms with Crippen LogP contribution in [-0.2, 0) is 0 Å². The largest absolute Gasteiger partial charge is 0.398 e. The molecule has 0 saturated carbocycles. The first-order chi connectivity index (χ1) is 7.59. The highest BCUT2D eigenvalue weighted by atomic mass is 35.5. The molecule has 16 heavy (non-hydrogen) atoms. The second kappa shape index (κ2) is 4.45. The molecule has 1 aromatic carbocycles. The Labute approximate surface area is 107 Å². The minimum atomic E-state index is -0.172. The Hall–Kier alpha value is -1.03. The fraction of sp³-hybridized carbons (Fsp3) is 0. The molecular formula is C11H7Cl2NOS. The number of carbonyl (C=O) groups excluding carboxylic acids is 1. The van der Waals surface area contributed by atoms with Gasteiger partial charge in [0.05, 0.1) is 9.90 Å². The molecule has 0 radical (unpaired) electrons. The molecule has 0 spiro atoms. The minimum absolute atomic E-state index is 0.172. The number of carbonyl (C=O) groups is 1. The van der Waals surface area contributed by atoms with Gasteiger partial charge in [-0.2, -0.15) is 0 Å². The quantitative estimate of drug-likeness (QED) is 0.666. The van der Waals surface area contributed by atoms with Crippen molar-refractivity contribution in [1.82, 2.24) is 0 Å². The number of hydrogen-bond acceptors (Lipinski definition) is 3. The summed E-state index contributed by atoms with van der Waals surface area (Å²) >= 11 is 12.9. The first-order valence-corrected chi connectivity index (χ1v) is 6.06. The zero-order valence-corrected chi connectivity index (χ0v) is 10.4. The molecule has 2 rings (SSSR count). The number of benzene rings is 1. The van der Waals surface area contributed by atoms with Crippen LogP contribution in [-0.4, -0.2) is 5.78 Å². The Balaban J connectivity index is 2.46. The lowest BCUT2D eigenvalue weighted by Gasteiger charge is -2.03. The predicted molar refractivity (Wildman–Crippen MR) is 68.6 cm³/mol. The van der Waals surface area contributed by atoms with Crippen LogP contribution in [0.3, 0.4) is 0 Å². The van der Waals surface area contributed by atoms with Crippen LogP contribution in [0.25, 0.3) is 0 Å². The van der Waals surface area contributed by atoms with Gasteiger partial charge in [-0.05, 0) is 29.6 Å². The van der Waals surface area contributed by atoms with Crippen LogP contribution >= 0.6 is 34.5 Å². The summed E-state index contributed by atoms with van der Waals surface area (Å²) in [6, 6.07) is 6.48. The minimum Gasteiger partial charge on any atom is -0.398 e. The highest BCUT2D eigenvalue weighted by Gasteiger charge is 2.16. The van der Waals surface area contributed by atoms with Crippen molar-refractivity contribution in [2.24, 2.45) is 0 Å². The Morgan fingerprint density at radius 1 is 1.25 bits per heavy atom. The van der Waals surface area contributed by atoms with Crippen LogP contribution in [0.2, 0.25) is 10.0 Å². The number of nitrogen functional groups attached to an aromatic ring is 1. The molecule has 0 aliphatic heterocycles. The van der Waals surface area contributed by atoms with Gasteiger partial charge < -0.3 is 5.73 Å². The van der Waals surface area contributed by atoms with Gasteiger partial charge in [-0.15, -0.1) is 11.3 Å². The van der Waals surface area contributed by atoms with E-state index < -0.39 is 0 Å². The van der Waals surface area contributed by atoms with Crippen molar-refractivity contribution in [3.8, 4) is 0 Å². The molecular weight excluding hydrogens is 265 g/mol. The molecule has 1 heterocycles. The number of rotatable bonds is 2. The van der Waals surface area contributed by atoms with Crippen molar-refractivity contribution in [3.63, 3.8) is 0 Å². The fourth-order valence-corrected chi connectivity index (χ4v) is 2.59. The van der Waals surface area contributed by atoms with E-state index in [2.05, 4.69) is 0 Å². The summed E-state index contributed by atoms with van der Waals surface area (Å²) in [5.41, 5.74) is 6.52. The number of nitrogens with two attached hydrogens (primary N) is 1. The third-order valence-corrected chi connectivity index (χ3v) is 3.66. The van der Waals surface area contributed by atoms with E-state index >= 15 is 0 Å². The van der Waals surface area contributed by atoms with Crippen molar-refractivity contribution >= 4 is 46.0 Å². The Bertz CT molecular complexity index is 551. The first-order valence-electron chi connectivity index (χ1n) is 4.42. The predicted octanol–water partition coefficient (Wildman–Crippen LogP) is 3.87. The highest BCUT2D eigenvalue weighted by Crippen LogP contribution is 2.28. The van der Waals surface area contributed by atoms with Gasteiger partial charge in [0.15, 0.2) is 0 Å². The van der Waals surface area contributed by atoms with Gasteiger partial charge in [-0.3, -0.25) is 4.79 Å². The number of anilines is 1. The topological polar surface area (TPSA) is 43.1 Å². The standard InChI is InChI=1S/C11H7Cl2NOS/c12-6-1-2-7(9(14)5-6)10(15)11-8(13)3-4-16-11/h1-5H,14H2. The van der Waals surface area contributed by atoms with E-state index in [1.54, 1.807) is 29.6 Å². The average molecular weight is 272 g/mol. The molecule has 2 nitrogen and oxygen atoms in total. The van der Waals surface area contributed by atoms with E-state index in [1.807, 2.05) is 0 Å². The SMILES string of the molecule is Nc1cc(Cl)ccc1C(=O)c1sccc1Cl. The van der Waals surface area contributed by atoms with Crippen LogP contribution in [0.15, 0.2) is 29.6 Å². The van der Waals surface area contributed by atoms with E-state index in [0.717, 1.165) is 0 Å². The summed E-state index contributed by atoms with van der Waals surface area (Å²) in [7, 11) is 0. The number of ketones is 1. The Morgan fingerprint density at radius 2 is 2.00 bits per heavy atom. The normalized spacial score (nSPS) is 10.4. The van der Waals surface area contributed by atoms with Gasteiger partial charge >= 0.3 is 0 Å². The monoisotopic (exact) mass is 271 g/mol. The maximum Gasteiger partial charge on any atom is 0.206 e. The molecule has 2 aromatic rings. The molecule has 2 N–H and O–H groups in total. The van der Waals surface area contributed by atoms with E-state index in [4.69, 9.17) is 28.9 Å². The Morgan fingerprint density at radius 3 is 2.56 bits per heavy atom. The molecule has 0 unspecified atom stereocenters. The average Bonchev–Trinajstić information content (AvgIpc) is 2.63. The summed E-state index contributed by atoms with van der Waals surface area (Å²) in [4.78, 5) is 12.6. The van der Waals surface area contributed by atoms with Gasteiger partial charge in [0.1, 0.15) is 0 Å². The number of thiophene rings is 1. The molecule has 82 valence electrons. The summed E-state index contributed by atoms with van der Waals surface area (Å²) in [5.74, 6) is -0.172. The van der Waals surface area contributed by atoms with E-state index in [0.29, 0.717) is 26.2 Å². The third-order valence-electron chi connectivity index (χ3n) is 2.08. The summed E-state index contributed by atoms with van der Waals surface area (Å²) in [5, 5.41) is 2.72. The molecule has 0 aliphatic rings. The zero-order chi connectivity index (χ0) is 11.7. The van der Waals surface area contributed by atoms with E-state index in [-0.39, 0.29) is 5.78 Å². The second-order valence-electron chi connectivity index (χ2n) is 3.16. The van der Waals surface area contributed by atoms with Gasteiger partial charge in [0.2, 0.25) is 5.78 Å². The van der Waals surface area contributed by atoms with E-state index in [9.17, 15) is 4.79 Å². The molecule has 5 heteroatoms. The lowest BCUT2D eigenvalue weighted by atomic mass is 10.1. The van der Waals surface area contributed by atoms with Crippen LogP contribution in [0.4, 0.5) is 5.69 Å². The maximum atomic E-state index is 12.1. The van der Waals surface area contributed by atoms with Gasteiger partial charge in [0.25, 0.3) is 0 Å². The number of halogens is 2. The lowest BCUT2D eigenvalue weighted by molar-refractivity contribution is 0.104. The van der Waals surface area contributed by atoms with Gasteiger partial charge in [-0.25, -0.2) is 0 Å². The van der Waals surface area contributed by atoms with E-state index in [1.165, 1.54) is 11.3 Å². The molecule has 0 bridgehead atoms. The van der Waals surface area contributed by atoms with Crippen LogP contribution in [0.1, 0.15) is 15.2 Å². The molecule has 0 aliphatic carbocycles. The number of hydrogen-bond donors (Lipinski definition) is 1. The maximum absolute atomic E-state index is 12.1. The van der Waals surface area contributed by atoms with Crippen molar-refractivity contribution in [3.05, 3.63) is 50.1 Å². The van der Waals surface area contributed by atoms with Crippen molar-refractivity contribution in [2.45, 2.75) is 0 Å². The first kappa shape index (κ1) is 11.5. The summed E-state index contributed by atoms with van der Waals surface area (Å²) in [6.07, 6.45) is 0. The molecule has 0 fully saturated rings. The van der Waals surface area contributed by atoms with Crippen LogP contribution < -0.4 is 5.73 Å². The Kier molecular flexibility index (Phi) is 3.19. The molecule has 1 aromatic heterocycles. The van der Waals surface area contributed by atoms with Gasteiger partial charge in [-0.1, -0.05) is 23.2 Å². The van der Waals surface area contributed by atoms with Crippen molar-refractivity contribution in [2.75, 3.05) is 5.73 Å². The molecule has 0 amide bonds. The van der Waals surface area contributed by atoms with Crippen LogP contribution in [0.5, 0.6) is 0 Å². The molecule has 0 saturated heterocycles. The fourth-order valence-electron chi connectivity index (χ4n) is 1.32. The van der Waals surface area contributed by atoms with Gasteiger partial charge in [0, 0.05) is 16.3 Å². The smallest absolute Gasteiger partial charge is 0.206 e. The lowest BCUT2D eigenvalue weighted by Crippen LogP contribution is -2.03. The van der Waals surface area contributed by atoms with Crippen molar-refractivity contribution in [1.29, 1.82) is 0 Å². The molecule has 0 atom stereocenters. The van der Waals surface area contributed by atoms with Crippen molar-refractivity contribution < 1.29 is 4.79 Å². The zero-order valence-electron chi connectivity index (χ0n) is 8.04. The second-order valence-corrected chi connectivity index (χ2v) is 4.92.